The molecule has 0 aromatic heterocycles. The summed E-state index contributed by atoms with van der Waals surface area (Å²) in [7, 11) is 0. The number of nitrogens with zero attached hydrogens (tertiary/aromatic N) is 1. The molecule has 0 radical (unpaired) electrons. The third-order valence-electron chi connectivity index (χ3n) is 4.12. The highest BCUT2D eigenvalue weighted by molar-refractivity contribution is 5.49. The molecule has 1 N–H and O–H groups in total. The lowest BCUT2D eigenvalue weighted by molar-refractivity contribution is 0.356. The van der Waals surface area contributed by atoms with Crippen LogP contribution in [0.3, 0.4) is 0 Å². The first-order valence-electron chi connectivity index (χ1n) is 7.06. The van der Waals surface area contributed by atoms with Crippen molar-refractivity contribution in [1.82, 2.24) is 0 Å². The minimum Gasteiger partial charge on any atom is -0.366 e. The van der Waals surface area contributed by atoms with Crippen LogP contribution in [-0.4, -0.2) is 6.04 Å². The van der Waals surface area contributed by atoms with E-state index in [2.05, 4.69) is 32.2 Å². The molecule has 1 aliphatic carbocycles. The monoisotopic (exact) mass is 272 g/mol. The minimum atomic E-state index is -0.351. The zero-order chi connectivity index (χ0) is 14.8. The summed E-state index contributed by atoms with van der Waals surface area (Å²) in [5, 5.41) is 12.7. The Kier molecular flexibility index (Phi) is 4.13. The maximum Gasteiger partial charge on any atom is 0.136 e. The Bertz CT molecular complexity index is 549. The highest BCUT2D eigenvalue weighted by Gasteiger charge is 2.33. The van der Waals surface area contributed by atoms with Crippen LogP contribution in [-0.2, 0) is 0 Å². The van der Waals surface area contributed by atoms with Gasteiger partial charge in [0.25, 0.3) is 0 Å². The van der Waals surface area contributed by atoms with Gasteiger partial charge in [0.1, 0.15) is 11.9 Å². The largest absolute Gasteiger partial charge is 0.366 e. The lowest BCUT2D eigenvalue weighted by Gasteiger charge is -2.37. The van der Waals surface area contributed by atoms with E-state index in [9.17, 15) is 9.65 Å². The number of anilines is 1. The molecule has 0 fully saturated rings. The Morgan fingerprint density at radius 2 is 1.95 bits per heavy atom. The Hall–Kier alpha value is -1.82. The molecule has 1 aromatic rings. The molecular formula is C17H21FN2. The Morgan fingerprint density at radius 1 is 1.30 bits per heavy atom. The van der Waals surface area contributed by atoms with Gasteiger partial charge >= 0.3 is 0 Å². The smallest absolute Gasteiger partial charge is 0.136 e. The van der Waals surface area contributed by atoms with Crippen molar-refractivity contribution in [1.29, 1.82) is 5.26 Å². The van der Waals surface area contributed by atoms with Gasteiger partial charge in [-0.2, -0.15) is 5.26 Å². The molecule has 0 saturated heterocycles. The SMILES string of the molecule is CC1=C(C(C#N)Nc2ccc(F)cc2)C(C)(C)CCC1. The molecule has 20 heavy (non-hydrogen) atoms. The second-order valence-corrected chi connectivity index (χ2v) is 6.14. The van der Waals surface area contributed by atoms with Crippen molar-refractivity contribution in [2.75, 3.05) is 5.32 Å². The minimum absolute atomic E-state index is 0.0375. The Morgan fingerprint density at radius 3 is 2.50 bits per heavy atom. The van der Waals surface area contributed by atoms with E-state index in [1.807, 2.05) is 0 Å². The summed E-state index contributed by atoms with van der Waals surface area (Å²) in [6.45, 7) is 6.51. The van der Waals surface area contributed by atoms with Gasteiger partial charge in [0, 0.05) is 5.69 Å². The molecule has 0 amide bonds. The first kappa shape index (κ1) is 14.6. The lowest BCUT2D eigenvalue weighted by Crippen LogP contribution is -2.33. The van der Waals surface area contributed by atoms with Gasteiger partial charge in [-0.3, -0.25) is 0 Å². The van der Waals surface area contributed by atoms with Crippen molar-refractivity contribution < 1.29 is 4.39 Å². The van der Waals surface area contributed by atoms with Crippen molar-refractivity contribution in [2.24, 2.45) is 5.41 Å². The first-order valence-corrected chi connectivity index (χ1v) is 7.06. The fourth-order valence-corrected chi connectivity index (χ4v) is 3.16. The summed E-state index contributed by atoms with van der Waals surface area (Å²) < 4.78 is 12.9. The van der Waals surface area contributed by atoms with E-state index in [1.165, 1.54) is 29.7 Å². The summed E-state index contributed by atoms with van der Waals surface area (Å²) in [5.41, 5.74) is 3.31. The van der Waals surface area contributed by atoms with Gasteiger partial charge in [0.2, 0.25) is 0 Å². The van der Waals surface area contributed by atoms with Gasteiger partial charge in [-0.15, -0.1) is 0 Å². The van der Waals surface area contributed by atoms with Gasteiger partial charge in [-0.25, -0.2) is 4.39 Å². The molecular weight excluding hydrogens is 251 g/mol. The van der Waals surface area contributed by atoms with Crippen LogP contribution in [0.25, 0.3) is 0 Å². The van der Waals surface area contributed by atoms with E-state index >= 15 is 0 Å². The molecule has 0 bridgehead atoms. The number of benzene rings is 1. The molecule has 0 spiro atoms. The van der Waals surface area contributed by atoms with Crippen LogP contribution in [0.4, 0.5) is 10.1 Å². The first-order chi connectivity index (χ1) is 9.44. The third kappa shape index (κ3) is 3.01. The summed E-state index contributed by atoms with van der Waals surface area (Å²) >= 11 is 0. The molecule has 3 heteroatoms. The van der Waals surface area contributed by atoms with E-state index < -0.39 is 0 Å². The number of nitriles is 1. The molecule has 106 valence electrons. The van der Waals surface area contributed by atoms with Crippen molar-refractivity contribution in [3.8, 4) is 6.07 Å². The highest BCUT2D eigenvalue weighted by atomic mass is 19.1. The fraction of sp³-hybridized carbons (Fsp3) is 0.471. The van der Waals surface area contributed by atoms with Crippen LogP contribution in [0.2, 0.25) is 0 Å². The average molecular weight is 272 g/mol. The molecule has 2 nitrogen and oxygen atoms in total. The van der Waals surface area contributed by atoms with Crippen LogP contribution in [0.5, 0.6) is 0 Å². The highest BCUT2D eigenvalue weighted by Crippen LogP contribution is 2.42. The second-order valence-electron chi connectivity index (χ2n) is 6.14. The molecule has 0 saturated carbocycles. The maximum atomic E-state index is 12.9. The van der Waals surface area contributed by atoms with E-state index in [0.29, 0.717) is 0 Å². The Balaban J connectivity index is 2.28. The van der Waals surface area contributed by atoms with Gasteiger partial charge in [0.05, 0.1) is 6.07 Å². The topological polar surface area (TPSA) is 35.8 Å². The van der Waals surface area contributed by atoms with Crippen LogP contribution >= 0.6 is 0 Å². The van der Waals surface area contributed by atoms with E-state index in [4.69, 9.17) is 0 Å². The zero-order valence-electron chi connectivity index (χ0n) is 12.3. The molecule has 1 aromatic carbocycles. The lowest BCUT2D eigenvalue weighted by atomic mass is 9.70. The number of hydrogen-bond acceptors (Lipinski definition) is 2. The second kappa shape index (κ2) is 5.66. The quantitative estimate of drug-likeness (QED) is 0.812. The summed E-state index contributed by atoms with van der Waals surface area (Å²) in [5.74, 6) is -0.266. The van der Waals surface area contributed by atoms with Gasteiger partial charge in [-0.1, -0.05) is 19.4 Å². The average Bonchev–Trinajstić information content (AvgIpc) is 2.39. The number of hydrogen-bond donors (Lipinski definition) is 1. The van der Waals surface area contributed by atoms with Gasteiger partial charge in [0.15, 0.2) is 0 Å². The van der Waals surface area contributed by atoms with Crippen LogP contribution in [0.15, 0.2) is 35.4 Å². The van der Waals surface area contributed by atoms with Crippen molar-refractivity contribution in [2.45, 2.75) is 46.1 Å². The number of halogens is 1. The third-order valence-corrected chi connectivity index (χ3v) is 4.12. The van der Waals surface area contributed by atoms with Crippen LogP contribution < -0.4 is 5.32 Å². The van der Waals surface area contributed by atoms with Crippen LogP contribution in [0, 0.1) is 22.6 Å². The van der Waals surface area contributed by atoms with Crippen molar-refractivity contribution >= 4 is 5.69 Å². The van der Waals surface area contributed by atoms with E-state index in [1.54, 1.807) is 12.1 Å². The standard InChI is InChI=1S/C17H21FN2/c1-12-5-4-10-17(2,3)16(12)15(11-19)20-14-8-6-13(18)7-9-14/h6-9,15,20H,4-5,10H2,1-3H3. The molecule has 2 rings (SSSR count). The van der Waals surface area contributed by atoms with E-state index in [-0.39, 0.29) is 17.3 Å². The van der Waals surface area contributed by atoms with Gasteiger partial charge in [-0.05, 0) is 61.4 Å². The predicted octanol–water partition coefficient (Wildman–Crippen LogP) is 4.66. The molecule has 1 aliphatic rings. The summed E-state index contributed by atoms with van der Waals surface area (Å²) in [6, 6.07) is 8.16. The van der Waals surface area contributed by atoms with Gasteiger partial charge < -0.3 is 5.32 Å². The molecule has 0 aliphatic heterocycles. The summed E-state index contributed by atoms with van der Waals surface area (Å²) in [6.07, 6.45) is 3.34. The predicted molar refractivity (Wildman–Crippen MR) is 79.8 cm³/mol. The molecule has 1 atom stereocenters. The number of allylic oxidation sites excluding steroid dienone is 1. The molecule has 0 heterocycles. The maximum absolute atomic E-state index is 12.9. The zero-order valence-corrected chi connectivity index (χ0v) is 12.3. The number of rotatable bonds is 3. The van der Waals surface area contributed by atoms with Crippen molar-refractivity contribution in [3.05, 3.63) is 41.2 Å². The van der Waals surface area contributed by atoms with Crippen LogP contribution in [0.1, 0.15) is 40.0 Å². The normalized spacial score (nSPS) is 19.4. The Labute approximate surface area is 120 Å². The van der Waals surface area contributed by atoms with Crippen molar-refractivity contribution in [3.63, 3.8) is 0 Å². The number of nitrogens with one attached hydrogen (secondary N) is 1. The fourth-order valence-electron chi connectivity index (χ4n) is 3.16. The van der Waals surface area contributed by atoms with E-state index in [0.717, 1.165) is 18.5 Å². The molecule has 1 unspecified atom stereocenters. The summed E-state index contributed by atoms with van der Waals surface area (Å²) in [4.78, 5) is 0.